The van der Waals surface area contributed by atoms with Gasteiger partial charge in [-0.25, -0.2) is 4.79 Å². The highest BCUT2D eigenvalue weighted by atomic mass is 19.3. The van der Waals surface area contributed by atoms with Gasteiger partial charge in [0.2, 0.25) is 0 Å². The zero-order valence-electron chi connectivity index (χ0n) is 12.7. The summed E-state index contributed by atoms with van der Waals surface area (Å²) in [5.41, 5.74) is 1.16. The molecule has 0 aliphatic carbocycles. The van der Waals surface area contributed by atoms with E-state index in [0.717, 1.165) is 0 Å². The lowest BCUT2D eigenvalue weighted by Crippen LogP contribution is -2.39. The van der Waals surface area contributed by atoms with Crippen LogP contribution in [0.5, 0.6) is 5.75 Å². The van der Waals surface area contributed by atoms with E-state index in [4.69, 9.17) is 0 Å². The molecule has 1 atom stereocenters. The number of halogens is 2. The van der Waals surface area contributed by atoms with Gasteiger partial charge in [-0.1, -0.05) is 12.1 Å². The molecule has 1 aliphatic heterocycles. The van der Waals surface area contributed by atoms with Crippen molar-refractivity contribution in [3.05, 3.63) is 36.7 Å². The highest BCUT2D eigenvalue weighted by Gasteiger charge is 2.26. The van der Waals surface area contributed by atoms with Crippen molar-refractivity contribution in [3.8, 4) is 5.75 Å². The van der Waals surface area contributed by atoms with Crippen LogP contribution in [0.25, 0.3) is 0 Å². The summed E-state index contributed by atoms with van der Waals surface area (Å²) in [6.07, 6.45) is 3.78. The molecule has 0 saturated carbocycles. The van der Waals surface area contributed by atoms with Crippen molar-refractivity contribution in [3.63, 3.8) is 0 Å². The minimum absolute atomic E-state index is 0.0866. The van der Waals surface area contributed by atoms with Crippen molar-refractivity contribution < 1.29 is 18.3 Å². The number of carbonyl (C=O) groups excluding carboxylic acids is 1. The average Bonchev–Trinajstić information content (AvgIpc) is 3.19. The fourth-order valence-electron chi connectivity index (χ4n) is 2.68. The number of ether oxygens (including phenoxy) is 1. The molecule has 128 valence electrons. The number of H-pyrrole nitrogens is 1. The maximum Gasteiger partial charge on any atom is 0.387 e. The van der Waals surface area contributed by atoms with Gasteiger partial charge in [-0.3, -0.25) is 5.10 Å². The largest absolute Gasteiger partial charge is 0.433 e. The molecule has 2 amide bonds. The summed E-state index contributed by atoms with van der Waals surface area (Å²) in [7, 11) is 0. The summed E-state index contributed by atoms with van der Waals surface area (Å²) in [4.78, 5) is 13.8. The predicted molar refractivity (Wildman–Crippen MR) is 84.4 cm³/mol. The molecule has 3 N–H and O–H groups in total. The van der Waals surface area contributed by atoms with Gasteiger partial charge in [0.25, 0.3) is 0 Å². The molecule has 1 fully saturated rings. The highest BCUT2D eigenvalue weighted by Crippen LogP contribution is 2.31. The summed E-state index contributed by atoms with van der Waals surface area (Å²) < 4.78 is 29.6. The Balaban J connectivity index is 1.58. The Hall–Kier alpha value is -2.84. The maximum atomic E-state index is 12.5. The van der Waals surface area contributed by atoms with Crippen LogP contribution in [0.15, 0.2) is 36.7 Å². The van der Waals surface area contributed by atoms with E-state index in [1.807, 2.05) is 4.90 Å². The quantitative estimate of drug-likeness (QED) is 0.782. The summed E-state index contributed by atoms with van der Waals surface area (Å²) in [5.74, 6) is 0.135. The highest BCUT2D eigenvalue weighted by molar-refractivity contribution is 5.89. The number of nitrogens with zero attached hydrogens (tertiary/aromatic N) is 2. The Morgan fingerprint density at radius 2 is 2.25 bits per heavy atom. The average molecular weight is 337 g/mol. The van der Waals surface area contributed by atoms with Crippen LogP contribution in [-0.2, 0) is 0 Å². The summed E-state index contributed by atoms with van der Waals surface area (Å²) in [6.45, 7) is -1.72. The fraction of sp³-hybridized carbons (Fsp3) is 0.333. The second kappa shape index (κ2) is 7.16. The second-order valence-electron chi connectivity index (χ2n) is 5.36. The number of benzene rings is 1. The third-order valence-electron chi connectivity index (χ3n) is 3.70. The zero-order valence-corrected chi connectivity index (χ0v) is 12.7. The van der Waals surface area contributed by atoms with Crippen LogP contribution in [0, 0.1) is 0 Å². The third-order valence-corrected chi connectivity index (χ3v) is 3.70. The number of anilines is 2. The van der Waals surface area contributed by atoms with Gasteiger partial charge >= 0.3 is 12.6 Å². The maximum absolute atomic E-state index is 12.5. The Morgan fingerprint density at radius 3 is 3.00 bits per heavy atom. The van der Waals surface area contributed by atoms with E-state index in [-0.39, 0.29) is 17.8 Å². The zero-order chi connectivity index (χ0) is 16.9. The number of para-hydroxylation sites is 2. The molecule has 0 radical (unpaired) electrons. The minimum atomic E-state index is -2.87. The van der Waals surface area contributed by atoms with Crippen molar-refractivity contribution in [1.82, 2.24) is 15.5 Å². The normalized spacial score (nSPS) is 17.1. The predicted octanol–water partition coefficient (Wildman–Crippen LogP) is 2.41. The van der Waals surface area contributed by atoms with Crippen molar-refractivity contribution in [1.29, 1.82) is 0 Å². The molecule has 9 heteroatoms. The van der Waals surface area contributed by atoms with E-state index < -0.39 is 6.61 Å². The minimum Gasteiger partial charge on any atom is -0.433 e. The molecule has 0 spiro atoms. The summed E-state index contributed by atoms with van der Waals surface area (Å²) >= 11 is 0. The van der Waals surface area contributed by atoms with Crippen LogP contribution in [0.1, 0.15) is 6.42 Å². The van der Waals surface area contributed by atoms with Crippen LogP contribution < -0.4 is 20.3 Å². The first-order valence-electron chi connectivity index (χ1n) is 7.47. The first-order valence-corrected chi connectivity index (χ1v) is 7.47. The van der Waals surface area contributed by atoms with Crippen molar-refractivity contribution in [2.45, 2.75) is 19.1 Å². The van der Waals surface area contributed by atoms with Crippen LogP contribution in [0.2, 0.25) is 0 Å². The van der Waals surface area contributed by atoms with E-state index in [1.54, 1.807) is 24.4 Å². The smallest absolute Gasteiger partial charge is 0.387 e. The third kappa shape index (κ3) is 3.92. The molecule has 0 unspecified atom stereocenters. The van der Waals surface area contributed by atoms with Crippen molar-refractivity contribution >= 4 is 17.4 Å². The van der Waals surface area contributed by atoms with Crippen molar-refractivity contribution in [2.24, 2.45) is 0 Å². The summed E-state index contributed by atoms with van der Waals surface area (Å²) in [6, 6.07) is 6.22. The van der Waals surface area contributed by atoms with Gasteiger partial charge in [0.1, 0.15) is 5.75 Å². The van der Waals surface area contributed by atoms with Crippen molar-refractivity contribution in [2.75, 3.05) is 23.3 Å². The van der Waals surface area contributed by atoms with Crippen LogP contribution in [0.4, 0.5) is 25.0 Å². The van der Waals surface area contributed by atoms with Gasteiger partial charge in [0, 0.05) is 25.3 Å². The van der Waals surface area contributed by atoms with Gasteiger partial charge in [0.15, 0.2) is 0 Å². The van der Waals surface area contributed by atoms with E-state index in [0.29, 0.717) is 30.9 Å². The van der Waals surface area contributed by atoms with Gasteiger partial charge in [-0.2, -0.15) is 13.9 Å². The van der Waals surface area contributed by atoms with Gasteiger partial charge in [-0.15, -0.1) is 0 Å². The van der Waals surface area contributed by atoms with Gasteiger partial charge in [0.05, 0.1) is 17.6 Å². The molecule has 0 bridgehead atoms. The molecule has 1 aromatic carbocycles. The van der Waals surface area contributed by atoms with Crippen LogP contribution in [0.3, 0.4) is 0 Å². The molecule has 3 rings (SSSR count). The number of nitrogens with one attached hydrogen (secondary N) is 3. The number of hydrogen-bond acceptors (Lipinski definition) is 4. The van der Waals surface area contributed by atoms with E-state index in [9.17, 15) is 13.6 Å². The first kappa shape index (κ1) is 16.0. The second-order valence-corrected chi connectivity index (χ2v) is 5.36. The standard InChI is InChI=1S/C15H17F2N5O2/c16-14(17)24-13-4-2-1-3-12(13)22-6-5-10(9-22)20-15(23)21-11-7-18-19-8-11/h1-4,7-8,10,14H,5-6,9H2,(H,18,19)(H2,20,21,23)/t10-/m1/s1. The monoisotopic (exact) mass is 337 g/mol. The number of urea groups is 1. The number of alkyl halides is 2. The lowest BCUT2D eigenvalue weighted by Gasteiger charge is -2.22. The Bertz CT molecular complexity index is 680. The number of amides is 2. The van der Waals surface area contributed by atoms with E-state index in [1.165, 1.54) is 12.3 Å². The summed E-state index contributed by atoms with van der Waals surface area (Å²) in [5, 5.41) is 11.9. The van der Waals surface area contributed by atoms with Crippen LogP contribution in [-0.4, -0.2) is 42.0 Å². The molecule has 1 saturated heterocycles. The van der Waals surface area contributed by atoms with E-state index >= 15 is 0 Å². The SMILES string of the molecule is O=C(Nc1cn[nH]c1)N[C@@H]1CCN(c2ccccc2OC(F)F)C1. The fourth-order valence-corrected chi connectivity index (χ4v) is 2.68. The topological polar surface area (TPSA) is 82.3 Å². The molecule has 2 heterocycles. The molecular weight excluding hydrogens is 320 g/mol. The molecule has 24 heavy (non-hydrogen) atoms. The Labute approximate surface area is 137 Å². The Morgan fingerprint density at radius 1 is 1.42 bits per heavy atom. The number of rotatable bonds is 5. The number of aromatic nitrogens is 2. The number of carbonyl (C=O) groups is 1. The Kier molecular flexibility index (Phi) is 4.78. The lowest BCUT2D eigenvalue weighted by molar-refractivity contribution is -0.0495. The lowest BCUT2D eigenvalue weighted by atomic mass is 10.2. The van der Waals surface area contributed by atoms with Gasteiger partial charge < -0.3 is 20.3 Å². The molecule has 2 aromatic rings. The van der Waals surface area contributed by atoms with E-state index in [2.05, 4.69) is 25.6 Å². The molecule has 1 aliphatic rings. The molecule has 7 nitrogen and oxygen atoms in total. The van der Waals surface area contributed by atoms with Crippen LogP contribution >= 0.6 is 0 Å². The molecular formula is C15H17F2N5O2. The molecule has 1 aromatic heterocycles. The first-order chi connectivity index (χ1) is 11.6. The number of aromatic amines is 1. The number of hydrogen-bond donors (Lipinski definition) is 3. The van der Waals surface area contributed by atoms with Gasteiger partial charge in [-0.05, 0) is 18.6 Å².